The Morgan fingerprint density at radius 3 is 1.50 bits per heavy atom. The van der Waals surface area contributed by atoms with E-state index in [1.807, 2.05) is 20.8 Å². The van der Waals surface area contributed by atoms with Crippen LogP contribution in [0, 0.1) is 11.3 Å². The van der Waals surface area contributed by atoms with Gasteiger partial charge in [0.1, 0.15) is 6.10 Å². The molecule has 0 aliphatic carbocycles. The van der Waals surface area contributed by atoms with E-state index < -0.39 is 17.4 Å². The highest BCUT2D eigenvalue weighted by Gasteiger charge is 2.46. The zero-order valence-corrected chi connectivity index (χ0v) is 22.3. The van der Waals surface area contributed by atoms with Gasteiger partial charge in [0.2, 0.25) is 0 Å². The molecule has 0 N–H and O–H groups in total. The number of unbranched alkanes of at least 4 members (excludes halogenated alkanes) is 12. The molecule has 0 saturated carbocycles. The summed E-state index contributed by atoms with van der Waals surface area (Å²) in [5, 5.41) is 0. The molecule has 0 aromatic carbocycles. The molecule has 2 unspecified atom stereocenters. The van der Waals surface area contributed by atoms with Crippen LogP contribution < -0.4 is 0 Å². The Labute approximate surface area is 199 Å². The molecule has 32 heavy (non-hydrogen) atoms. The first-order valence-corrected chi connectivity index (χ1v) is 13.8. The van der Waals surface area contributed by atoms with Gasteiger partial charge in [-0.15, -0.1) is 0 Å². The first kappa shape index (κ1) is 30.9. The second-order valence-electron chi connectivity index (χ2n) is 9.66. The van der Waals surface area contributed by atoms with Crippen LogP contribution in [-0.2, 0) is 19.1 Å². The molecule has 0 amide bonds. The van der Waals surface area contributed by atoms with Crippen LogP contribution in [0.4, 0.5) is 0 Å². The van der Waals surface area contributed by atoms with Crippen molar-refractivity contribution < 1.29 is 19.1 Å². The highest BCUT2D eigenvalue weighted by molar-refractivity contribution is 6.00. The van der Waals surface area contributed by atoms with Crippen LogP contribution in [0.1, 0.15) is 144 Å². The molecular formula is C28H54O4. The van der Waals surface area contributed by atoms with Gasteiger partial charge in [-0.2, -0.15) is 0 Å². The zero-order chi connectivity index (χ0) is 24.2. The van der Waals surface area contributed by atoms with Gasteiger partial charge < -0.3 is 9.47 Å². The summed E-state index contributed by atoms with van der Waals surface area (Å²) in [5.41, 5.74) is -1.17. The molecule has 0 spiro atoms. The highest BCUT2D eigenvalue weighted by Crippen LogP contribution is 2.31. The summed E-state index contributed by atoms with van der Waals surface area (Å²) in [4.78, 5) is 25.6. The molecule has 0 aliphatic heterocycles. The van der Waals surface area contributed by atoms with Gasteiger partial charge in [-0.05, 0) is 32.1 Å². The highest BCUT2D eigenvalue weighted by atomic mass is 16.6. The second-order valence-corrected chi connectivity index (χ2v) is 9.66. The molecule has 4 nitrogen and oxygen atoms in total. The smallest absolute Gasteiger partial charge is 0.323 e. The van der Waals surface area contributed by atoms with Crippen molar-refractivity contribution in [3.05, 3.63) is 0 Å². The van der Waals surface area contributed by atoms with Crippen molar-refractivity contribution >= 4 is 11.9 Å². The molecule has 0 saturated heterocycles. The SMILES string of the molecule is CCCCCCCCCCCCCCCOC(=O)C(CC)(CC)C(=O)OC(C)C(C)CC. The Hall–Kier alpha value is -1.06. The monoisotopic (exact) mass is 454 g/mol. The van der Waals surface area contributed by atoms with Crippen molar-refractivity contribution in [2.45, 2.75) is 150 Å². The van der Waals surface area contributed by atoms with E-state index in [1.165, 1.54) is 70.6 Å². The summed E-state index contributed by atoms with van der Waals surface area (Å²) >= 11 is 0. The quantitative estimate of drug-likeness (QED) is 0.0992. The molecule has 0 radical (unpaired) electrons. The molecule has 0 rings (SSSR count). The van der Waals surface area contributed by atoms with Crippen molar-refractivity contribution in [1.82, 2.24) is 0 Å². The number of hydrogen-bond acceptors (Lipinski definition) is 4. The number of rotatable bonds is 21. The van der Waals surface area contributed by atoms with E-state index in [0.717, 1.165) is 19.3 Å². The lowest BCUT2D eigenvalue weighted by atomic mass is 9.82. The predicted molar refractivity (Wildman–Crippen MR) is 135 cm³/mol. The lowest BCUT2D eigenvalue weighted by Crippen LogP contribution is -2.43. The largest absolute Gasteiger partial charge is 0.465 e. The summed E-state index contributed by atoms with van der Waals surface area (Å²) in [6.45, 7) is 12.4. The average Bonchev–Trinajstić information content (AvgIpc) is 2.79. The lowest BCUT2D eigenvalue weighted by molar-refractivity contribution is -0.177. The summed E-state index contributed by atoms with van der Waals surface area (Å²) in [6, 6.07) is 0. The maximum atomic E-state index is 12.8. The molecule has 0 aromatic heterocycles. The molecule has 0 fully saturated rings. The summed E-state index contributed by atoms with van der Waals surface area (Å²) in [6.07, 6.45) is 18.3. The molecule has 4 heteroatoms. The van der Waals surface area contributed by atoms with E-state index >= 15 is 0 Å². The van der Waals surface area contributed by atoms with Crippen molar-refractivity contribution in [3.8, 4) is 0 Å². The number of ether oxygens (including phenoxy) is 2. The van der Waals surface area contributed by atoms with Crippen LogP contribution in [0.15, 0.2) is 0 Å². The first-order valence-electron chi connectivity index (χ1n) is 13.8. The molecule has 0 bridgehead atoms. The average molecular weight is 455 g/mol. The number of carbonyl (C=O) groups is 2. The van der Waals surface area contributed by atoms with Crippen LogP contribution in [-0.4, -0.2) is 24.6 Å². The molecule has 0 heterocycles. The van der Waals surface area contributed by atoms with Gasteiger partial charge in [-0.3, -0.25) is 9.59 Å². The minimum atomic E-state index is -1.17. The summed E-state index contributed by atoms with van der Waals surface area (Å²) < 4.78 is 11.2. The van der Waals surface area contributed by atoms with Crippen LogP contribution in [0.2, 0.25) is 0 Å². The van der Waals surface area contributed by atoms with Crippen molar-refractivity contribution in [3.63, 3.8) is 0 Å². The summed E-state index contributed by atoms with van der Waals surface area (Å²) in [5.74, 6) is -0.569. The van der Waals surface area contributed by atoms with Gasteiger partial charge in [0, 0.05) is 0 Å². The Balaban J connectivity index is 4.02. The van der Waals surface area contributed by atoms with Gasteiger partial charge in [0.05, 0.1) is 6.61 Å². The van der Waals surface area contributed by atoms with Crippen molar-refractivity contribution in [2.75, 3.05) is 6.61 Å². The normalized spacial score (nSPS) is 13.6. The van der Waals surface area contributed by atoms with Crippen LogP contribution in [0.3, 0.4) is 0 Å². The van der Waals surface area contributed by atoms with Gasteiger partial charge in [-0.25, -0.2) is 0 Å². The van der Waals surface area contributed by atoms with Crippen LogP contribution >= 0.6 is 0 Å². The van der Waals surface area contributed by atoms with E-state index in [-0.39, 0.29) is 12.0 Å². The van der Waals surface area contributed by atoms with Crippen molar-refractivity contribution in [1.29, 1.82) is 0 Å². The molecule has 2 atom stereocenters. The third kappa shape index (κ3) is 12.3. The molecular weight excluding hydrogens is 400 g/mol. The van der Waals surface area contributed by atoms with Gasteiger partial charge in [-0.1, -0.05) is 118 Å². The Morgan fingerprint density at radius 2 is 1.09 bits per heavy atom. The molecule has 0 aromatic rings. The Morgan fingerprint density at radius 1 is 0.656 bits per heavy atom. The predicted octanol–water partition coefficient (Wildman–Crippen LogP) is 8.41. The molecule has 0 aliphatic rings. The van der Waals surface area contributed by atoms with E-state index in [2.05, 4.69) is 20.8 Å². The third-order valence-electron chi connectivity index (χ3n) is 7.21. The zero-order valence-electron chi connectivity index (χ0n) is 22.3. The minimum Gasteiger partial charge on any atom is -0.465 e. The van der Waals surface area contributed by atoms with E-state index in [0.29, 0.717) is 19.4 Å². The fourth-order valence-corrected chi connectivity index (χ4v) is 4.06. The maximum absolute atomic E-state index is 12.8. The Kier molecular flexibility index (Phi) is 18.8. The standard InChI is InChI=1S/C28H54O4/c1-7-11-12-13-14-15-16-17-18-19-20-21-22-23-31-26(29)28(9-3,10-4)27(30)32-25(6)24(5)8-2/h24-25H,7-23H2,1-6H3. The third-order valence-corrected chi connectivity index (χ3v) is 7.21. The van der Waals surface area contributed by atoms with Crippen LogP contribution in [0.5, 0.6) is 0 Å². The fraction of sp³-hybridized carbons (Fsp3) is 0.929. The number of hydrogen-bond donors (Lipinski definition) is 0. The minimum absolute atomic E-state index is 0.196. The first-order chi connectivity index (χ1) is 15.4. The van der Waals surface area contributed by atoms with Gasteiger partial charge in [0.15, 0.2) is 5.41 Å². The number of esters is 2. The van der Waals surface area contributed by atoms with E-state index in [1.54, 1.807) is 0 Å². The second kappa shape index (κ2) is 19.4. The fourth-order valence-electron chi connectivity index (χ4n) is 4.06. The van der Waals surface area contributed by atoms with Gasteiger partial charge in [0.25, 0.3) is 0 Å². The topological polar surface area (TPSA) is 52.6 Å². The number of carbonyl (C=O) groups excluding carboxylic acids is 2. The van der Waals surface area contributed by atoms with Gasteiger partial charge >= 0.3 is 11.9 Å². The lowest BCUT2D eigenvalue weighted by Gasteiger charge is -2.30. The van der Waals surface area contributed by atoms with Crippen molar-refractivity contribution in [2.24, 2.45) is 11.3 Å². The summed E-state index contributed by atoms with van der Waals surface area (Å²) in [7, 11) is 0. The van der Waals surface area contributed by atoms with E-state index in [9.17, 15) is 9.59 Å². The maximum Gasteiger partial charge on any atom is 0.323 e. The van der Waals surface area contributed by atoms with E-state index in [4.69, 9.17) is 9.47 Å². The molecule has 190 valence electrons. The van der Waals surface area contributed by atoms with Crippen LogP contribution in [0.25, 0.3) is 0 Å². The Bertz CT molecular complexity index is 470.